The molecule has 1 aliphatic heterocycles. The van der Waals surface area contributed by atoms with Crippen molar-refractivity contribution < 1.29 is 4.79 Å². The van der Waals surface area contributed by atoms with Crippen molar-refractivity contribution in [3.05, 3.63) is 15.9 Å². The number of hydrogen-bond acceptors (Lipinski definition) is 3. The first-order valence-electron chi connectivity index (χ1n) is 6.93. The Hall–Kier alpha value is -0.680. The maximum absolute atomic E-state index is 12.6. The minimum Gasteiger partial charge on any atom is -0.316 e. The summed E-state index contributed by atoms with van der Waals surface area (Å²) in [5.41, 5.74) is 1.74. The third-order valence-electron chi connectivity index (χ3n) is 4.05. The number of halogens is 1. The maximum atomic E-state index is 12.6. The topological polar surface area (TPSA) is 46.9 Å². The van der Waals surface area contributed by atoms with E-state index in [1.165, 1.54) is 0 Å². The first kappa shape index (κ1) is 14.7. The molecular formula is C14H22BrN3O. The van der Waals surface area contributed by atoms with Crippen molar-refractivity contribution in [2.24, 2.45) is 5.41 Å². The summed E-state index contributed by atoms with van der Waals surface area (Å²) in [6.07, 6.45) is 2.53. The van der Waals surface area contributed by atoms with Crippen molar-refractivity contribution in [3.8, 4) is 0 Å². The molecule has 106 valence electrons. The van der Waals surface area contributed by atoms with Gasteiger partial charge in [-0.05, 0) is 49.2 Å². The largest absolute Gasteiger partial charge is 0.316 e. The molecule has 1 aromatic heterocycles. The predicted octanol–water partition coefficient (Wildman–Crippen LogP) is 2.48. The molecule has 5 heteroatoms. The van der Waals surface area contributed by atoms with Crippen LogP contribution in [-0.2, 0) is 17.8 Å². The molecule has 1 aliphatic rings. The highest BCUT2D eigenvalue weighted by Crippen LogP contribution is 2.30. The Kier molecular flexibility index (Phi) is 4.46. The fraction of sp³-hybridized carbons (Fsp3) is 0.714. The zero-order valence-electron chi connectivity index (χ0n) is 11.9. The second kappa shape index (κ2) is 5.75. The van der Waals surface area contributed by atoms with E-state index >= 15 is 0 Å². The Morgan fingerprint density at radius 1 is 1.58 bits per heavy atom. The van der Waals surface area contributed by atoms with Gasteiger partial charge in [-0.15, -0.1) is 0 Å². The Balaban J connectivity index is 2.18. The zero-order valence-corrected chi connectivity index (χ0v) is 13.5. The van der Waals surface area contributed by atoms with E-state index in [1.807, 2.05) is 11.6 Å². The smallest absolute Gasteiger partial charge is 0.145 e. The molecule has 2 rings (SSSR count). The Bertz CT molecular complexity index is 475. The molecule has 4 nitrogen and oxygen atoms in total. The van der Waals surface area contributed by atoms with Crippen LogP contribution in [0.2, 0.25) is 0 Å². The lowest BCUT2D eigenvalue weighted by molar-refractivity contribution is -0.128. The molecular weight excluding hydrogens is 306 g/mol. The maximum Gasteiger partial charge on any atom is 0.145 e. The number of carbonyl (C=O) groups excluding carboxylic acids is 1. The molecule has 2 heterocycles. The third-order valence-corrected chi connectivity index (χ3v) is 5.08. The molecule has 1 aromatic rings. The second-order valence-corrected chi connectivity index (χ2v) is 6.40. The van der Waals surface area contributed by atoms with E-state index in [1.54, 1.807) is 0 Å². The van der Waals surface area contributed by atoms with Crippen LogP contribution in [0.15, 0.2) is 4.47 Å². The molecule has 0 radical (unpaired) electrons. The minimum absolute atomic E-state index is 0.228. The van der Waals surface area contributed by atoms with E-state index in [2.05, 4.69) is 40.2 Å². The lowest BCUT2D eigenvalue weighted by Gasteiger charge is -2.32. The average Bonchev–Trinajstić information content (AvgIpc) is 2.67. The first-order valence-corrected chi connectivity index (χ1v) is 7.73. The molecule has 1 saturated heterocycles. The van der Waals surface area contributed by atoms with E-state index in [0.29, 0.717) is 12.2 Å². The number of carbonyl (C=O) groups is 1. The van der Waals surface area contributed by atoms with Gasteiger partial charge in [0.05, 0.1) is 22.3 Å². The van der Waals surface area contributed by atoms with Crippen molar-refractivity contribution in [2.75, 3.05) is 13.1 Å². The lowest BCUT2D eigenvalue weighted by atomic mass is 9.77. The number of Topliss-reactive ketones (excluding diaryl/α,β-unsaturated/α-hetero) is 1. The zero-order chi connectivity index (χ0) is 14.0. The molecule has 0 amide bonds. The van der Waals surface area contributed by atoms with Crippen LogP contribution in [0.5, 0.6) is 0 Å². The number of rotatable bonds is 4. The summed E-state index contributed by atoms with van der Waals surface area (Å²) in [5, 5.41) is 7.79. The summed E-state index contributed by atoms with van der Waals surface area (Å²) < 4.78 is 2.91. The quantitative estimate of drug-likeness (QED) is 0.924. The van der Waals surface area contributed by atoms with Crippen LogP contribution in [0.3, 0.4) is 0 Å². The van der Waals surface area contributed by atoms with E-state index in [0.717, 1.165) is 48.3 Å². The van der Waals surface area contributed by atoms with Gasteiger partial charge in [-0.2, -0.15) is 5.10 Å². The molecule has 19 heavy (non-hydrogen) atoms. The van der Waals surface area contributed by atoms with Crippen molar-refractivity contribution in [1.82, 2.24) is 15.1 Å². The van der Waals surface area contributed by atoms with Crippen LogP contribution in [-0.4, -0.2) is 28.7 Å². The normalized spacial score (nSPS) is 23.6. The Morgan fingerprint density at radius 3 is 2.89 bits per heavy atom. The van der Waals surface area contributed by atoms with Crippen molar-refractivity contribution >= 4 is 21.7 Å². The van der Waals surface area contributed by atoms with E-state index in [9.17, 15) is 4.79 Å². The number of nitrogens with zero attached hydrogens (tertiary/aromatic N) is 2. The number of nitrogens with one attached hydrogen (secondary N) is 1. The van der Waals surface area contributed by atoms with Gasteiger partial charge in [-0.25, -0.2) is 0 Å². The standard InChI is InChI=1S/C14H22BrN3O/c1-4-18-11(13(15)10(2)17-18)8-12(19)14(3)6-5-7-16-9-14/h16H,4-9H2,1-3H3. The first-order chi connectivity index (χ1) is 8.98. The Morgan fingerprint density at radius 2 is 2.32 bits per heavy atom. The highest BCUT2D eigenvalue weighted by molar-refractivity contribution is 9.10. The van der Waals surface area contributed by atoms with Crippen LogP contribution < -0.4 is 5.32 Å². The third kappa shape index (κ3) is 2.92. The predicted molar refractivity (Wildman–Crippen MR) is 79.3 cm³/mol. The summed E-state index contributed by atoms with van der Waals surface area (Å²) in [7, 11) is 0. The van der Waals surface area contributed by atoms with Crippen LogP contribution in [0, 0.1) is 12.3 Å². The molecule has 0 aliphatic carbocycles. The van der Waals surface area contributed by atoms with Crippen LogP contribution in [0.4, 0.5) is 0 Å². The molecule has 0 bridgehead atoms. The Labute approximate surface area is 123 Å². The van der Waals surface area contributed by atoms with E-state index in [-0.39, 0.29) is 5.41 Å². The fourth-order valence-corrected chi connectivity index (χ4v) is 3.12. The molecule has 0 spiro atoms. The molecule has 1 unspecified atom stereocenters. The van der Waals surface area contributed by atoms with Crippen molar-refractivity contribution in [2.45, 2.75) is 46.6 Å². The molecule has 0 saturated carbocycles. The summed E-state index contributed by atoms with van der Waals surface area (Å²) in [6, 6.07) is 0. The van der Waals surface area contributed by atoms with E-state index < -0.39 is 0 Å². The number of piperidine rings is 1. The second-order valence-electron chi connectivity index (χ2n) is 5.60. The van der Waals surface area contributed by atoms with Crippen molar-refractivity contribution in [1.29, 1.82) is 0 Å². The van der Waals surface area contributed by atoms with Crippen LogP contribution in [0.25, 0.3) is 0 Å². The fourth-order valence-electron chi connectivity index (χ4n) is 2.70. The number of ketones is 1. The number of aromatic nitrogens is 2. The number of hydrogen-bond donors (Lipinski definition) is 1. The van der Waals surface area contributed by atoms with Gasteiger partial charge in [0.1, 0.15) is 5.78 Å². The minimum atomic E-state index is -0.228. The van der Waals surface area contributed by atoms with Gasteiger partial charge in [0, 0.05) is 18.5 Å². The van der Waals surface area contributed by atoms with Gasteiger partial charge in [-0.3, -0.25) is 9.48 Å². The molecule has 1 atom stereocenters. The SMILES string of the molecule is CCn1nc(C)c(Br)c1CC(=O)C1(C)CCCNC1. The van der Waals surface area contributed by atoms with Gasteiger partial charge < -0.3 is 5.32 Å². The summed E-state index contributed by atoms with van der Waals surface area (Å²) in [6.45, 7) is 8.71. The van der Waals surface area contributed by atoms with Gasteiger partial charge in [0.2, 0.25) is 0 Å². The van der Waals surface area contributed by atoms with Gasteiger partial charge >= 0.3 is 0 Å². The van der Waals surface area contributed by atoms with Crippen LogP contribution in [0.1, 0.15) is 38.1 Å². The van der Waals surface area contributed by atoms with Gasteiger partial charge in [-0.1, -0.05) is 6.92 Å². The highest BCUT2D eigenvalue weighted by atomic mass is 79.9. The summed E-state index contributed by atoms with van der Waals surface area (Å²) >= 11 is 3.56. The lowest BCUT2D eigenvalue weighted by Crippen LogP contribution is -2.44. The van der Waals surface area contributed by atoms with Crippen LogP contribution >= 0.6 is 15.9 Å². The molecule has 1 fully saturated rings. The van der Waals surface area contributed by atoms with Gasteiger partial charge in [0.25, 0.3) is 0 Å². The summed E-state index contributed by atoms with van der Waals surface area (Å²) in [4.78, 5) is 12.6. The molecule has 0 aromatic carbocycles. The number of aryl methyl sites for hydroxylation is 2. The average molecular weight is 328 g/mol. The van der Waals surface area contributed by atoms with E-state index in [4.69, 9.17) is 0 Å². The molecule has 1 N–H and O–H groups in total. The van der Waals surface area contributed by atoms with Crippen molar-refractivity contribution in [3.63, 3.8) is 0 Å². The summed E-state index contributed by atoms with van der Waals surface area (Å²) in [5.74, 6) is 0.315. The van der Waals surface area contributed by atoms with Gasteiger partial charge in [0.15, 0.2) is 0 Å². The highest BCUT2D eigenvalue weighted by Gasteiger charge is 2.35. The monoisotopic (exact) mass is 327 g/mol.